The highest BCUT2D eigenvalue weighted by atomic mass is 32.2. The van der Waals surface area contributed by atoms with Crippen LogP contribution in [-0.2, 0) is 17.1 Å². The Bertz CT molecular complexity index is 738. The van der Waals surface area contributed by atoms with Gasteiger partial charge in [0.15, 0.2) is 5.03 Å². The van der Waals surface area contributed by atoms with Crippen LogP contribution in [0, 0.1) is 6.92 Å². The molecule has 0 aliphatic carbocycles. The van der Waals surface area contributed by atoms with Gasteiger partial charge in [-0.2, -0.15) is 4.31 Å². The smallest absolute Gasteiger partial charge is 0.262 e. The second-order valence-electron chi connectivity index (χ2n) is 5.30. The molecule has 2 aromatic rings. The molecular formula is C14H18N4O3S. The minimum absolute atomic E-state index is 0.0889. The number of aromatic nitrogens is 3. The number of imidazole rings is 1. The molecule has 1 saturated heterocycles. The molecule has 22 heavy (non-hydrogen) atoms. The molecule has 0 saturated carbocycles. The molecule has 0 N–H and O–H groups in total. The van der Waals surface area contributed by atoms with Crippen LogP contribution >= 0.6 is 0 Å². The van der Waals surface area contributed by atoms with Crippen molar-refractivity contribution in [1.29, 1.82) is 0 Å². The molecule has 0 aromatic carbocycles. The fourth-order valence-electron chi connectivity index (χ4n) is 2.38. The number of ether oxygens (including phenoxy) is 1. The van der Waals surface area contributed by atoms with Crippen LogP contribution in [0.25, 0.3) is 0 Å². The Kier molecular flexibility index (Phi) is 3.88. The fourth-order valence-corrected chi connectivity index (χ4v) is 3.89. The molecule has 1 aliphatic rings. The van der Waals surface area contributed by atoms with Crippen LogP contribution in [0.3, 0.4) is 0 Å². The number of rotatable bonds is 4. The first-order valence-electron chi connectivity index (χ1n) is 7.04. The van der Waals surface area contributed by atoms with Gasteiger partial charge in [-0.15, -0.1) is 0 Å². The van der Waals surface area contributed by atoms with Gasteiger partial charge in [-0.25, -0.2) is 18.4 Å². The van der Waals surface area contributed by atoms with Crippen LogP contribution in [0.5, 0.6) is 5.88 Å². The zero-order valence-electron chi connectivity index (χ0n) is 12.5. The Labute approximate surface area is 129 Å². The highest BCUT2D eigenvalue weighted by molar-refractivity contribution is 7.89. The van der Waals surface area contributed by atoms with E-state index in [4.69, 9.17) is 4.74 Å². The van der Waals surface area contributed by atoms with Crippen LogP contribution in [0.15, 0.2) is 35.6 Å². The van der Waals surface area contributed by atoms with Crippen LogP contribution < -0.4 is 4.74 Å². The fraction of sp³-hybridized carbons (Fsp3) is 0.429. The summed E-state index contributed by atoms with van der Waals surface area (Å²) in [4.78, 5) is 8.21. The maximum Gasteiger partial charge on any atom is 0.262 e. The van der Waals surface area contributed by atoms with Crippen molar-refractivity contribution in [1.82, 2.24) is 18.8 Å². The summed E-state index contributed by atoms with van der Waals surface area (Å²) in [7, 11) is -1.79. The summed E-state index contributed by atoms with van der Waals surface area (Å²) in [6, 6.07) is 5.41. The van der Waals surface area contributed by atoms with E-state index in [9.17, 15) is 8.42 Å². The van der Waals surface area contributed by atoms with Gasteiger partial charge in [-0.05, 0) is 19.4 Å². The van der Waals surface area contributed by atoms with Crippen LogP contribution in [-0.4, -0.2) is 46.5 Å². The standard InChI is InChI=1S/C14H18N4O3S/c1-11-16-14(10-17(11)2)22(19,20)18-8-6-12(9-18)21-13-5-3-4-7-15-13/h3-5,7,10,12H,6,8-9H2,1-2H3. The van der Waals surface area contributed by atoms with Crippen molar-refractivity contribution < 1.29 is 13.2 Å². The monoisotopic (exact) mass is 322 g/mol. The third-order valence-corrected chi connectivity index (χ3v) is 5.46. The summed E-state index contributed by atoms with van der Waals surface area (Å²) in [5, 5.41) is 0.0889. The summed E-state index contributed by atoms with van der Waals surface area (Å²) in [5.74, 6) is 1.18. The lowest BCUT2D eigenvalue weighted by Gasteiger charge is -2.15. The van der Waals surface area contributed by atoms with E-state index in [0.717, 1.165) is 0 Å². The average molecular weight is 322 g/mol. The Hall–Kier alpha value is -1.93. The number of nitrogens with zero attached hydrogens (tertiary/aromatic N) is 4. The van der Waals surface area contributed by atoms with Gasteiger partial charge in [0.05, 0.1) is 6.54 Å². The molecular weight excluding hydrogens is 304 g/mol. The van der Waals surface area contributed by atoms with Gasteiger partial charge in [-0.1, -0.05) is 6.07 Å². The lowest BCUT2D eigenvalue weighted by Crippen LogP contribution is -2.31. The summed E-state index contributed by atoms with van der Waals surface area (Å²) < 4.78 is 34.0. The number of sulfonamides is 1. The van der Waals surface area contributed by atoms with Gasteiger partial charge in [0.1, 0.15) is 11.9 Å². The van der Waals surface area contributed by atoms with Crippen molar-refractivity contribution in [2.24, 2.45) is 7.05 Å². The van der Waals surface area contributed by atoms with Crippen LogP contribution in [0.1, 0.15) is 12.2 Å². The molecule has 3 heterocycles. The minimum Gasteiger partial charge on any atom is -0.473 e. The van der Waals surface area contributed by atoms with E-state index in [1.54, 1.807) is 30.8 Å². The lowest BCUT2D eigenvalue weighted by atomic mass is 10.3. The van der Waals surface area contributed by atoms with E-state index < -0.39 is 10.0 Å². The van der Waals surface area contributed by atoms with E-state index in [2.05, 4.69) is 9.97 Å². The van der Waals surface area contributed by atoms with Gasteiger partial charge in [0.2, 0.25) is 5.88 Å². The van der Waals surface area contributed by atoms with Gasteiger partial charge >= 0.3 is 0 Å². The molecule has 118 valence electrons. The predicted octanol–water partition coefficient (Wildman–Crippen LogP) is 0.966. The van der Waals surface area contributed by atoms with Crippen LogP contribution in [0.4, 0.5) is 0 Å². The molecule has 1 atom stereocenters. The second-order valence-corrected chi connectivity index (χ2v) is 7.18. The zero-order valence-corrected chi connectivity index (χ0v) is 13.3. The minimum atomic E-state index is -3.56. The van der Waals surface area contributed by atoms with Gasteiger partial charge in [0.25, 0.3) is 10.0 Å². The van der Waals surface area contributed by atoms with Gasteiger partial charge in [-0.3, -0.25) is 0 Å². The van der Waals surface area contributed by atoms with Crippen molar-refractivity contribution >= 4 is 10.0 Å². The summed E-state index contributed by atoms with van der Waals surface area (Å²) in [5.41, 5.74) is 0. The molecule has 1 unspecified atom stereocenters. The molecule has 0 bridgehead atoms. The first-order valence-corrected chi connectivity index (χ1v) is 8.48. The maximum absolute atomic E-state index is 12.6. The highest BCUT2D eigenvalue weighted by Gasteiger charge is 2.35. The number of hydrogen-bond acceptors (Lipinski definition) is 5. The largest absolute Gasteiger partial charge is 0.473 e. The maximum atomic E-state index is 12.6. The molecule has 0 radical (unpaired) electrons. The van der Waals surface area contributed by atoms with Crippen molar-refractivity contribution in [2.75, 3.05) is 13.1 Å². The Morgan fingerprint density at radius 3 is 2.82 bits per heavy atom. The topological polar surface area (TPSA) is 77.3 Å². The molecule has 2 aromatic heterocycles. The Morgan fingerprint density at radius 2 is 2.18 bits per heavy atom. The third-order valence-electron chi connectivity index (χ3n) is 3.72. The molecule has 3 rings (SSSR count). The lowest BCUT2D eigenvalue weighted by molar-refractivity contribution is 0.207. The summed E-state index contributed by atoms with van der Waals surface area (Å²) >= 11 is 0. The SMILES string of the molecule is Cc1nc(S(=O)(=O)N2CCC(Oc3ccccn3)C2)cn1C. The van der Waals surface area contributed by atoms with Gasteiger partial charge in [0, 0.05) is 32.1 Å². The van der Waals surface area contributed by atoms with E-state index in [1.807, 2.05) is 12.1 Å². The molecule has 1 aliphatic heterocycles. The van der Waals surface area contributed by atoms with Gasteiger partial charge < -0.3 is 9.30 Å². The second kappa shape index (κ2) is 5.69. The van der Waals surface area contributed by atoms with Crippen molar-refractivity contribution in [2.45, 2.75) is 24.5 Å². The predicted molar refractivity (Wildman–Crippen MR) is 80.0 cm³/mol. The van der Waals surface area contributed by atoms with Crippen molar-refractivity contribution in [3.05, 3.63) is 36.4 Å². The van der Waals surface area contributed by atoms with Crippen LogP contribution in [0.2, 0.25) is 0 Å². The molecule has 0 spiro atoms. The first-order chi connectivity index (χ1) is 10.5. The van der Waals surface area contributed by atoms with E-state index in [1.165, 1.54) is 10.5 Å². The average Bonchev–Trinajstić information content (AvgIpc) is 3.09. The number of aryl methyl sites for hydroxylation is 2. The third kappa shape index (κ3) is 2.84. The molecule has 7 nitrogen and oxygen atoms in total. The Balaban J connectivity index is 1.72. The zero-order chi connectivity index (χ0) is 15.7. The summed E-state index contributed by atoms with van der Waals surface area (Å²) in [6.07, 6.45) is 3.64. The van der Waals surface area contributed by atoms with Crippen molar-refractivity contribution in [3.8, 4) is 5.88 Å². The number of pyridine rings is 1. The Morgan fingerprint density at radius 1 is 1.36 bits per heavy atom. The molecule has 0 amide bonds. The van der Waals surface area contributed by atoms with E-state index in [0.29, 0.717) is 31.2 Å². The summed E-state index contributed by atoms with van der Waals surface area (Å²) in [6.45, 7) is 2.51. The molecule has 1 fully saturated rings. The highest BCUT2D eigenvalue weighted by Crippen LogP contribution is 2.22. The molecule has 8 heteroatoms. The van der Waals surface area contributed by atoms with E-state index in [-0.39, 0.29) is 11.1 Å². The quantitative estimate of drug-likeness (QED) is 0.838. The number of hydrogen-bond donors (Lipinski definition) is 0. The van der Waals surface area contributed by atoms with Crippen molar-refractivity contribution in [3.63, 3.8) is 0 Å². The first kappa shape index (κ1) is 15.0. The normalized spacial score (nSPS) is 19.5. The van der Waals surface area contributed by atoms with E-state index >= 15 is 0 Å².